The lowest BCUT2D eigenvalue weighted by atomic mass is 9.76. The van der Waals surface area contributed by atoms with Crippen LogP contribution in [0.2, 0.25) is 0 Å². The van der Waals surface area contributed by atoms with Crippen LogP contribution < -0.4 is 0 Å². The Morgan fingerprint density at radius 3 is 2.60 bits per heavy atom. The van der Waals surface area contributed by atoms with Gasteiger partial charge in [-0.05, 0) is 31.1 Å². The van der Waals surface area contributed by atoms with E-state index in [1.807, 2.05) is 11.8 Å². The third-order valence-electron chi connectivity index (χ3n) is 3.03. The van der Waals surface area contributed by atoms with Gasteiger partial charge in [-0.1, -0.05) is 26.8 Å². The Labute approximate surface area is 93.3 Å². The van der Waals surface area contributed by atoms with Gasteiger partial charge in [0.05, 0.1) is 0 Å². The molecule has 2 heteroatoms. The molecule has 0 bridgehead atoms. The van der Waals surface area contributed by atoms with E-state index in [1.54, 1.807) is 6.92 Å². The van der Waals surface area contributed by atoms with E-state index in [4.69, 9.17) is 0 Å². The number of hydrogen-bond acceptors (Lipinski definition) is 1. The molecule has 0 aromatic rings. The highest BCUT2D eigenvalue weighted by atomic mass is 16.2. The van der Waals surface area contributed by atoms with E-state index in [1.165, 1.54) is 12.1 Å². The smallest absolute Gasteiger partial charge is 0.223 e. The van der Waals surface area contributed by atoms with Gasteiger partial charge in [0, 0.05) is 19.2 Å². The maximum atomic E-state index is 11.5. The van der Waals surface area contributed by atoms with E-state index in [0.717, 1.165) is 13.0 Å². The highest BCUT2D eigenvalue weighted by molar-refractivity contribution is 5.75. The fraction of sp³-hybridized carbons (Fsp3) is 0.769. The van der Waals surface area contributed by atoms with Gasteiger partial charge < -0.3 is 4.90 Å². The van der Waals surface area contributed by atoms with Crippen LogP contribution in [0.3, 0.4) is 0 Å². The Bertz CT molecular complexity index is 278. The van der Waals surface area contributed by atoms with Crippen LogP contribution in [0.25, 0.3) is 0 Å². The summed E-state index contributed by atoms with van der Waals surface area (Å²) in [5.74, 6) is 0.835. The van der Waals surface area contributed by atoms with E-state index >= 15 is 0 Å². The minimum absolute atomic E-state index is 0.161. The molecular formula is C13H23NO. The topological polar surface area (TPSA) is 20.3 Å². The normalized spacial score (nSPS) is 24.6. The molecule has 1 aliphatic carbocycles. The van der Waals surface area contributed by atoms with Crippen molar-refractivity contribution in [2.45, 2.75) is 47.5 Å². The third kappa shape index (κ3) is 3.08. The Hall–Kier alpha value is -0.790. The second-order valence-corrected chi connectivity index (χ2v) is 5.40. The molecule has 1 amide bonds. The quantitative estimate of drug-likeness (QED) is 0.684. The first-order valence-corrected chi connectivity index (χ1v) is 5.85. The van der Waals surface area contributed by atoms with Crippen LogP contribution in [-0.4, -0.2) is 17.4 Å². The van der Waals surface area contributed by atoms with E-state index in [0.29, 0.717) is 5.92 Å². The lowest BCUT2D eigenvalue weighted by molar-refractivity contribution is -0.127. The van der Waals surface area contributed by atoms with Crippen LogP contribution in [0.5, 0.6) is 0 Å². The summed E-state index contributed by atoms with van der Waals surface area (Å²) in [6.07, 6.45) is 4.53. The zero-order valence-electron chi connectivity index (χ0n) is 10.6. The van der Waals surface area contributed by atoms with Crippen LogP contribution in [0.15, 0.2) is 11.8 Å². The van der Waals surface area contributed by atoms with E-state index in [9.17, 15) is 4.79 Å². The van der Waals surface area contributed by atoms with Crippen molar-refractivity contribution >= 4 is 5.91 Å². The minimum atomic E-state index is 0.161. The Morgan fingerprint density at radius 2 is 2.20 bits per heavy atom. The molecule has 0 radical (unpaired) electrons. The maximum absolute atomic E-state index is 11.5. The van der Waals surface area contributed by atoms with E-state index in [-0.39, 0.29) is 11.3 Å². The van der Waals surface area contributed by atoms with Gasteiger partial charge in [-0.15, -0.1) is 0 Å². The van der Waals surface area contributed by atoms with Gasteiger partial charge in [-0.3, -0.25) is 4.79 Å². The molecule has 0 aromatic carbocycles. The zero-order chi connectivity index (χ0) is 11.6. The summed E-state index contributed by atoms with van der Waals surface area (Å²) >= 11 is 0. The molecule has 1 unspecified atom stereocenters. The van der Waals surface area contributed by atoms with Gasteiger partial charge in [0.25, 0.3) is 0 Å². The number of hydrogen-bond donors (Lipinski definition) is 0. The Balaban J connectivity index is 2.93. The molecule has 0 heterocycles. The van der Waals surface area contributed by atoms with Gasteiger partial charge in [-0.2, -0.15) is 0 Å². The van der Waals surface area contributed by atoms with Gasteiger partial charge >= 0.3 is 0 Å². The number of nitrogens with zero attached hydrogens (tertiary/aromatic N) is 1. The van der Waals surface area contributed by atoms with Crippen LogP contribution in [0.4, 0.5) is 0 Å². The summed E-state index contributed by atoms with van der Waals surface area (Å²) in [4.78, 5) is 13.4. The molecule has 15 heavy (non-hydrogen) atoms. The van der Waals surface area contributed by atoms with Gasteiger partial charge in [0.1, 0.15) is 0 Å². The van der Waals surface area contributed by atoms with Crippen molar-refractivity contribution in [3.8, 4) is 0 Å². The van der Waals surface area contributed by atoms with Crippen molar-refractivity contribution in [1.29, 1.82) is 0 Å². The van der Waals surface area contributed by atoms with Crippen LogP contribution in [0.1, 0.15) is 47.5 Å². The number of rotatable bonds is 2. The molecule has 0 N–H and O–H groups in total. The van der Waals surface area contributed by atoms with Crippen molar-refractivity contribution in [1.82, 2.24) is 4.90 Å². The molecule has 1 aliphatic rings. The fourth-order valence-corrected chi connectivity index (χ4v) is 2.71. The molecule has 0 aromatic heterocycles. The monoisotopic (exact) mass is 209 g/mol. The summed E-state index contributed by atoms with van der Waals surface area (Å²) in [5.41, 5.74) is 1.45. The molecule has 1 rings (SSSR count). The molecule has 2 nitrogen and oxygen atoms in total. The van der Waals surface area contributed by atoms with E-state index < -0.39 is 0 Å². The van der Waals surface area contributed by atoms with Gasteiger partial charge in [0.2, 0.25) is 5.91 Å². The lowest BCUT2D eigenvalue weighted by Crippen LogP contribution is -2.32. The Kier molecular flexibility index (Phi) is 3.58. The average Bonchev–Trinajstić information content (AvgIpc) is 1.99. The first kappa shape index (κ1) is 12.3. The molecule has 0 spiro atoms. The number of carbonyl (C=O) groups excluding carboxylic acids is 1. The van der Waals surface area contributed by atoms with Crippen molar-refractivity contribution in [2.75, 3.05) is 6.54 Å². The number of carbonyl (C=O) groups is 1. The van der Waals surface area contributed by atoms with Crippen LogP contribution in [0, 0.1) is 11.3 Å². The predicted molar refractivity (Wildman–Crippen MR) is 63.3 cm³/mol. The highest BCUT2D eigenvalue weighted by Gasteiger charge is 2.28. The van der Waals surface area contributed by atoms with Crippen molar-refractivity contribution in [3.05, 3.63) is 11.8 Å². The van der Waals surface area contributed by atoms with Gasteiger partial charge in [-0.25, -0.2) is 0 Å². The summed E-state index contributed by atoms with van der Waals surface area (Å²) < 4.78 is 0. The standard InChI is InChI=1S/C13H23NO/c1-6-14(11(3)15)12-7-10(2)8-13(4,5)9-12/h9-10H,6-8H2,1-5H3. The lowest BCUT2D eigenvalue weighted by Gasteiger charge is -2.36. The molecule has 1 atom stereocenters. The second-order valence-electron chi connectivity index (χ2n) is 5.40. The number of amides is 1. The summed E-state index contributed by atoms with van der Waals surface area (Å²) in [6.45, 7) is 11.2. The van der Waals surface area contributed by atoms with Crippen LogP contribution >= 0.6 is 0 Å². The summed E-state index contributed by atoms with van der Waals surface area (Å²) in [7, 11) is 0. The summed E-state index contributed by atoms with van der Waals surface area (Å²) in [6, 6.07) is 0. The van der Waals surface area contributed by atoms with Crippen molar-refractivity contribution < 1.29 is 4.79 Å². The van der Waals surface area contributed by atoms with Crippen LogP contribution in [-0.2, 0) is 4.79 Å². The largest absolute Gasteiger partial charge is 0.317 e. The van der Waals surface area contributed by atoms with Gasteiger partial charge in [0.15, 0.2) is 0 Å². The SMILES string of the molecule is CCN(C(C)=O)C1=CC(C)(C)CC(C)C1. The average molecular weight is 209 g/mol. The molecule has 0 aliphatic heterocycles. The zero-order valence-corrected chi connectivity index (χ0v) is 10.6. The van der Waals surface area contributed by atoms with Crippen molar-refractivity contribution in [3.63, 3.8) is 0 Å². The summed E-state index contributed by atoms with van der Waals surface area (Å²) in [5, 5.41) is 0. The fourth-order valence-electron chi connectivity index (χ4n) is 2.71. The third-order valence-corrected chi connectivity index (χ3v) is 3.03. The minimum Gasteiger partial charge on any atom is -0.317 e. The molecule has 0 fully saturated rings. The first-order chi connectivity index (χ1) is 6.85. The maximum Gasteiger partial charge on any atom is 0.223 e. The Morgan fingerprint density at radius 1 is 1.60 bits per heavy atom. The number of allylic oxidation sites excluding steroid dienone is 2. The highest BCUT2D eigenvalue weighted by Crippen LogP contribution is 2.37. The second kappa shape index (κ2) is 4.38. The molecule has 0 saturated heterocycles. The van der Waals surface area contributed by atoms with E-state index in [2.05, 4.69) is 26.8 Å². The van der Waals surface area contributed by atoms with Crippen molar-refractivity contribution in [2.24, 2.45) is 11.3 Å². The predicted octanol–water partition coefficient (Wildman–Crippen LogP) is 3.19. The molecular weight excluding hydrogens is 186 g/mol. The molecule has 86 valence electrons. The molecule has 0 saturated carbocycles. The first-order valence-electron chi connectivity index (χ1n) is 5.85.